The molecule has 4 rings (SSSR count). The Bertz CT molecular complexity index is 1410. The molecule has 12 heteroatoms. The van der Waals surface area contributed by atoms with Crippen molar-refractivity contribution >= 4 is 29.1 Å². The molecular formula is C25H23N5O7. The van der Waals surface area contributed by atoms with Gasteiger partial charge in [0.05, 0.1) is 17.7 Å². The third-order valence-corrected chi connectivity index (χ3v) is 5.81. The lowest BCUT2D eigenvalue weighted by atomic mass is 9.93. The van der Waals surface area contributed by atoms with Crippen LogP contribution in [0.5, 0.6) is 5.75 Å². The Morgan fingerprint density at radius 2 is 1.70 bits per heavy atom. The van der Waals surface area contributed by atoms with Crippen LogP contribution in [-0.4, -0.2) is 35.5 Å². The molecule has 1 aromatic heterocycles. The highest BCUT2D eigenvalue weighted by Gasteiger charge is 2.29. The lowest BCUT2D eigenvalue weighted by molar-refractivity contribution is -0.385. The zero-order valence-electron chi connectivity index (χ0n) is 20.0. The van der Waals surface area contributed by atoms with Gasteiger partial charge in [0.15, 0.2) is 5.76 Å². The van der Waals surface area contributed by atoms with Gasteiger partial charge in [-0.25, -0.2) is 5.43 Å². The molecule has 2 aromatic carbocycles. The number of nitrogens with zero attached hydrogens (tertiary/aromatic N) is 2. The highest BCUT2D eigenvalue weighted by Crippen LogP contribution is 2.30. The number of benzene rings is 2. The largest absolute Gasteiger partial charge is 0.497 e. The minimum absolute atomic E-state index is 0.0380. The van der Waals surface area contributed by atoms with E-state index in [0.29, 0.717) is 53.2 Å². The molecule has 0 saturated carbocycles. The van der Waals surface area contributed by atoms with Crippen LogP contribution in [0.2, 0.25) is 0 Å². The van der Waals surface area contributed by atoms with Crippen molar-refractivity contribution in [2.24, 2.45) is 5.10 Å². The molecule has 0 atom stereocenters. The summed E-state index contributed by atoms with van der Waals surface area (Å²) >= 11 is 0. The average Bonchev–Trinajstić information content (AvgIpc) is 3.27. The molecule has 1 heterocycles. The van der Waals surface area contributed by atoms with E-state index in [1.54, 1.807) is 31.2 Å². The van der Waals surface area contributed by atoms with E-state index in [1.165, 1.54) is 31.4 Å². The van der Waals surface area contributed by atoms with Crippen molar-refractivity contribution in [2.75, 3.05) is 7.11 Å². The van der Waals surface area contributed by atoms with Gasteiger partial charge in [-0.15, -0.1) is 0 Å². The van der Waals surface area contributed by atoms with Gasteiger partial charge in [-0.1, -0.05) is 12.1 Å². The normalized spacial score (nSPS) is 13.4. The SMILES string of the molecule is COc1ccc(C(=O)N/N=C2\CCCc3oc(C(=O)NNC(=O)c4ccccc4[N+](=O)[O-])c(C)c32)cc1. The number of furan rings is 1. The smallest absolute Gasteiger partial charge is 0.305 e. The van der Waals surface area contributed by atoms with Gasteiger partial charge in [0.1, 0.15) is 17.1 Å². The number of amides is 3. The third-order valence-electron chi connectivity index (χ3n) is 5.81. The summed E-state index contributed by atoms with van der Waals surface area (Å²) in [6.07, 6.45) is 1.83. The Labute approximate surface area is 210 Å². The second-order valence-electron chi connectivity index (χ2n) is 8.12. The first kappa shape index (κ1) is 25.1. The number of aryl methyl sites for hydroxylation is 1. The van der Waals surface area contributed by atoms with Crippen molar-refractivity contribution in [3.8, 4) is 5.75 Å². The molecule has 12 nitrogen and oxygen atoms in total. The predicted molar refractivity (Wildman–Crippen MR) is 131 cm³/mol. The Hall–Kier alpha value is -5.00. The molecule has 3 N–H and O–H groups in total. The van der Waals surface area contributed by atoms with Gasteiger partial charge in [-0.05, 0) is 50.1 Å². The summed E-state index contributed by atoms with van der Waals surface area (Å²) in [6.45, 7) is 1.67. The number of carbonyl (C=O) groups excluding carboxylic acids is 3. The van der Waals surface area contributed by atoms with E-state index in [1.807, 2.05) is 0 Å². The van der Waals surface area contributed by atoms with Crippen molar-refractivity contribution in [3.63, 3.8) is 0 Å². The molecule has 1 aliphatic rings. The van der Waals surface area contributed by atoms with Gasteiger partial charge >= 0.3 is 5.91 Å². The second-order valence-corrected chi connectivity index (χ2v) is 8.12. The maximum Gasteiger partial charge on any atom is 0.305 e. The molecule has 3 amide bonds. The quantitative estimate of drug-likeness (QED) is 0.342. The minimum atomic E-state index is -0.849. The number of nitrogens with one attached hydrogen (secondary N) is 3. The van der Waals surface area contributed by atoms with Crippen molar-refractivity contribution in [1.29, 1.82) is 0 Å². The van der Waals surface area contributed by atoms with Crippen molar-refractivity contribution in [3.05, 3.63) is 92.4 Å². The van der Waals surface area contributed by atoms with Crippen LogP contribution in [0.25, 0.3) is 0 Å². The minimum Gasteiger partial charge on any atom is -0.497 e. The molecule has 0 unspecified atom stereocenters. The molecule has 0 radical (unpaired) electrons. The summed E-state index contributed by atoms with van der Waals surface area (Å²) in [5.41, 5.74) is 8.43. The highest BCUT2D eigenvalue weighted by molar-refractivity contribution is 6.07. The van der Waals surface area contributed by atoms with Gasteiger partial charge < -0.3 is 9.15 Å². The van der Waals surface area contributed by atoms with Gasteiger partial charge in [-0.2, -0.15) is 5.10 Å². The zero-order valence-corrected chi connectivity index (χ0v) is 20.0. The number of rotatable bonds is 6. The summed E-state index contributed by atoms with van der Waals surface area (Å²) in [5, 5.41) is 15.4. The summed E-state index contributed by atoms with van der Waals surface area (Å²) in [5.74, 6) is -0.865. The van der Waals surface area contributed by atoms with Crippen LogP contribution in [0.3, 0.4) is 0 Å². The summed E-state index contributed by atoms with van der Waals surface area (Å²) < 4.78 is 10.9. The molecule has 37 heavy (non-hydrogen) atoms. The van der Waals surface area contributed by atoms with Gasteiger partial charge in [-0.3, -0.25) is 35.3 Å². The summed E-state index contributed by atoms with van der Waals surface area (Å²) in [4.78, 5) is 48.2. The number of hydrazone groups is 1. The summed E-state index contributed by atoms with van der Waals surface area (Å²) in [6, 6.07) is 11.9. The molecular weight excluding hydrogens is 482 g/mol. The van der Waals surface area contributed by atoms with E-state index < -0.39 is 28.3 Å². The number of para-hydroxylation sites is 1. The number of fused-ring (bicyclic) bond motifs is 1. The Balaban J connectivity index is 1.48. The van der Waals surface area contributed by atoms with Crippen molar-refractivity contribution < 1.29 is 28.5 Å². The zero-order chi connectivity index (χ0) is 26.5. The molecule has 0 aliphatic heterocycles. The molecule has 0 bridgehead atoms. The molecule has 190 valence electrons. The summed E-state index contributed by atoms with van der Waals surface area (Å²) in [7, 11) is 1.53. The van der Waals surface area contributed by atoms with Crippen LogP contribution in [0.15, 0.2) is 58.0 Å². The van der Waals surface area contributed by atoms with Gasteiger partial charge in [0, 0.05) is 29.2 Å². The van der Waals surface area contributed by atoms with Crippen molar-refractivity contribution in [1.82, 2.24) is 16.3 Å². The topological polar surface area (TPSA) is 165 Å². The number of hydrazine groups is 1. The Morgan fingerprint density at radius 3 is 2.41 bits per heavy atom. The lowest BCUT2D eigenvalue weighted by Crippen LogP contribution is -2.42. The van der Waals surface area contributed by atoms with E-state index in [-0.39, 0.29) is 11.3 Å². The Kier molecular flexibility index (Phi) is 7.28. The van der Waals surface area contributed by atoms with E-state index in [4.69, 9.17) is 9.15 Å². The number of methoxy groups -OCH3 is 1. The van der Waals surface area contributed by atoms with Crippen LogP contribution >= 0.6 is 0 Å². The predicted octanol–water partition coefficient (Wildman–Crippen LogP) is 3.05. The first-order valence-corrected chi connectivity index (χ1v) is 11.3. The number of hydrogen-bond donors (Lipinski definition) is 3. The van der Waals surface area contributed by atoms with Crippen LogP contribution in [0.4, 0.5) is 5.69 Å². The van der Waals surface area contributed by atoms with E-state index in [2.05, 4.69) is 21.4 Å². The average molecular weight is 505 g/mol. The van der Waals surface area contributed by atoms with E-state index in [9.17, 15) is 24.5 Å². The number of nitro groups is 1. The fourth-order valence-corrected chi connectivity index (χ4v) is 3.98. The number of hydrogen-bond acceptors (Lipinski definition) is 8. The van der Waals surface area contributed by atoms with E-state index >= 15 is 0 Å². The Morgan fingerprint density at radius 1 is 1.00 bits per heavy atom. The molecule has 0 saturated heterocycles. The highest BCUT2D eigenvalue weighted by atomic mass is 16.6. The fourth-order valence-electron chi connectivity index (χ4n) is 3.98. The molecule has 0 spiro atoms. The monoisotopic (exact) mass is 505 g/mol. The maximum absolute atomic E-state index is 12.8. The van der Waals surface area contributed by atoms with Crippen LogP contribution in [0, 0.1) is 17.0 Å². The van der Waals surface area contributed by atoms with Crippen LogP contribution < -0.4 is 21.0 Å². The van der Waals surface area contributed by atoms with Gasteiger partial charge in [0.25, 0.3) is 17.5 Å². The lowest BCUT2D eigenvalue weighted by Gasteiger charge is -2.13. The van der Waals surface area contributed by atoms with Gasteiger partial charge in [0.2, 0.25) is 0 Å². The number of carbonyl (C=O) groups is 3. The van der Waals surface area contributed by atoms with Crippen molar-refractivity contribution in [2.45, 2.75) is 26.2 Å². The fraction of sp³-hybridized carbons (Fsp3) is 0.200. The second kappa shape index (κ2) is 10.7. The molecule has 0 fully saturated rings. The first-order chi connectivity index (χ1) is 17.8. The maximum atomic E-state index is 12.8. The number of nitro benzene ring substituents is 1. The first-order valence-electron chi connectivity index (χ1n) is 11.3. The number of ether oxygens (including phenoxy) is 1. The van der Waals surface area contributed by atoms with Crippen LogP contribution in [-0.2, 0) is 6.42 Å². The molecule has 1 aliphatic carbocycles. The van der Waals surface area contributed by atoms with Crippen LogP contribution in [0.1, 0.15) is 61.0 Å². The third kappa shape index (κ3) is 5.32. The van der Waals surface area contributed by atoms with E-state index in [0.717, 1.165) is 0 Å². The molecule has 3 aromatic rings. The standard InChI is InChI=1S/C25H23N5O7/c1-14-21-18(26-27-23(31)15-10-12-16(36-2)13-11-15)7-5-9-20(21)37-22(14)25(33)29-28-24(32)17-6-3-4-8-19(17)30(34)35/h3-4,6,8,10-13H,5,7,9H2,1-2H3,(H,27,31)(H,28,32)(H,29,33)/b26-18+.